The molecule has 1 N–H and O–H groups in total. The quantitative estimate of drug-likeness (QED) is 0.874. The molecule has 5 nitrogen and oxygen atoms in total. The van der Waals surface area contributed by atoms with E-state index >= 15 is 0 Å². The second kappa shape index (κ2) is 5.67. The van der Waals surface area contributed by atoms with Crippen LogP contribution in [0.5, 0.6) is 0 Å². The first kappa shape index (κ1) is 14.0. The van der Waals surface area contributed by atoms with E-state index in [0.29, 0.717) is 11.1 Å². The second-order valence-electron chi connectivity index (χ2n) is 4.00. The number of nitriles is 1. The molecule has 2 rings (SSSR count). The van der Waals surface area contributed by atoms with Crippen LogP contribution in [-0.4, -0.2) is 13.4 Å². The van der Waals surface area contributed by atoms with Gasteiger partial charge in [0, 0.05) is 0 Å². The Labute approximate surface area is 115 Å². The number of hydrogen-bond donors (Lipinski definition) is 1. The number of pyridine rings is 1. The smallest absolute Gasteiger partial charge is 0.237 e. The van der Waals surface area contributed by atoms with Gasteiger partial charge in [-0.05, 0) is 23.8 Å². The molecule has 0 fully saturated rings. The number of halogens is 1. The Morgan fingerprint density at radius 2 is 2.00 bits per heavy atom. The number of anilines is 1. The lowest BCUT2D eigenvalue weighted by Gasteiger charge is -2.08. The van der Waals surface area contributed by atoms with Gasteiger partial charge >= 0.3 is 0 Å². The molecule has 0 radical (unpaired) electrons. The molecule has 0 bridgehead atoms. The molecule has 0 atom stereocenters. The molecular weight excluding hydrogens is 281 g/mol. The maximum absolute atomic E-state index is 12.6. The molecule has 102 valence electrons. The Kier molecular flexibility index (Phi) is 3.96. The van der Waals surface area contributed by atoms with Gasteiger partial charge in [-0.2, -0.15) is 9.65 Å². The van der Waals surface area contributed by atoms with Crippen LogP contribution < -0.4 is 4.72 Å². The van der Waals surface area contributed by atoms with E-state index < -0.39 is 16.0 Å². The zero-order valence-corrected chi connectivity index (χ0v) is 11.1. The van der Waals surface area contributed by atoms with E-state index in [9.17, 15) is 12.8 Å². The summed E-state index contributed by atoms with van der Waals surface area (Å²) in [5, 5.41) is 8.92. The maximum Gasteiger partial charge on any atom is 0.237 e. The molecular formula is C13H10FN3O2S. The number of sulfonamides is 1. The highest BCUT2D eigenvalue weighted by molar-refractivity contribution is 7.91. The summed E-state index contributed by atoms with van der Waals surface area (Å²) in [6.07, 6.45) is 1.09. The van der Waals surface area contributed by atoms with Gasteiger partial charge in [-0.25, -0.2) is 13.4 Å². The van der Waals surface area contributed by atoms with E-state index in [-0.39, 0.29) is 11.4 Å². The van der Waals surface area contributed by atoms with E-state index in [4.69, 9.17) is 5.26 Å². The fraction of sp³-hybridized carbons (Fsp3) is 0.0769. The third-order valence-corrected chi connectivity index (χ3v) is 3.72. The van der Waals surface area contributed by atoms with Gasteiger partial charge in [0.1, 0.15) is 0 Å². The number of nitrogens with zero attached hydrogens (tertiary/aromatic N) is 2. The Morgan fingerprint density at radius 1 is 1.25 bits per heavy atom. The normalized spacial score (nSPS) is 10.8. The van der Waals surface area contributed by atoms with E-state index in [1.165, 1.54) is 6.07 Å². The first-order chi connectivity index (χ1) is 9.50. The first-order valence-electron chi connectivity index (χ1n) is 5.60. The van der Waals surface area contributed by atoms with Gasteiger partial charge < -0.3 is 0 Å². The zero-order chi connectivity index (χ0) is 14.6. The van der Waals surface area contributed by atoms with Crippen molar-refractivity contribution in [2.45, 2.75) is 5.75 Å². The summed E-state index contributed by atoms with van der Waals surface area (Å²) in [6.45, 7) is 0. The molecule has 1 heterocycles. The van der Waals surface area contributed by atoms with Gasteiger partial charge in [-0.1, -0.05) is 18.2 Å². The van der Waals surface area contributed by atoms with Crippen LogP contribution in [-0.2, 0) is 15.8 Å². The van der Waals surface area contributed by atoms with Crippen molar-refractivity contribution in [3.05, 3.63) is 59.7 Å². The summed E-state index contributed by atoms with van der Waals surface area (Å²) in [6, 6.07) is 10.7. The van der Waals surface area contributed by atoms with Gasteiger partial charge in [-0.15, -0.1) is 0 Å². The van der Waals surface area contributed by atoms with Crippen LogP contribution in [0.3, 0.4) is 0 Å². The predicted octanol–water partition coefficient (Wildman–Crippen LogP) is 2.03. The monoisotopic (exact) mass is 291 g/mol. The van der Waals surface area contributed by atoms with Crippen LogP contribution in [0.15, 0.2) is 42.6 Å². The van der Waals surface area contributed by atoms with Crippen LogP contribution >= 0.6 is 0 Å². The van der Waals surface area contributed by atoms with Gasteiger partial charge in [0.05, 0.1) is 29.3 Å². The molecule has 0 aliphatic rings. The molecule has 0 amide bonds. The fourth-order valence-corrected chi connectivity index (χ4v) is 2.82. The van der Waals surface area contributed by atoms with E-state index in [0.717, 1.165) is 12.3 Å². The summed E-state index contributed by atoms with van der Waals surface area (Å²) in [4.78, 5) is 3.36. The molecule has 2 aromatic rings. The van der Waals surface area contributed by atoms with Crippen LogP contribution in [0.25, 0.3) is 0 Å². The van der Waals surface area contributed by atoms with Gasteiger partial charge in [0.2, 0.25) is 16.0 Å². The molecule has 20 heavy (non-hydrogen) atoms. The molecule has 0 spiro atoms. The molecule has 0 saturated carbocycles. The van der Waals surface area contributed by atoms with E-state index in [2.05, 4.69) is 9.71 Å². The molecule has 1 aromatic heterocycles. The Morgan fingerprint density at radius 3 is 2.65 bits per heavy atom. The minimum absolute atomic E-state index is 0.167. The Bertz CT molecular complexity index is 752. The number of aromatic nitrogens is 1. The number of hydrogen-bond acceptors (Lipinski definition) is 4. The highest BCUT2D eigenvalue weighted by Crippen LogP contribution is 2.14. The van der Waals surface area contributed by atoms with Crippen molar-refractivity contribution in [3.8, 4) is 6.07 Å². The molecule has 0 saturated heterocycles. The fourth-order valence-electron chi connectivity index (χ4n) is 1.61. The standard InChI is InChI=1S/C13H10FN3O2S/c14-13-6-5-12(8-16-13)17-20(18,19)9-11-4-2-1-3-10(11)7-15/h1-6,8,17H,9H2. The van der Waals surface area contributed by atoms with Crippen molar-refractivity contribution >= 4 is 15.7 Å². The SMILES string of the molecule is N#Cc1ccccc1CS(=O)(=O)Nc1ccc(F)nc1. The minimum Gasteiger partial charge on any atom is -0.282 e. The lowest BCUT2D eigenvalue weighted by Crippen LogP contribution is -2.16. The third kappa shape index (κ3) is 3.52. The summed E-state index contributed by atoms with van der Waals surface area (Å²) in [7, 11) is -3.70. The molecule has 7 heteroatoms. The third-order valence-electron chi connectivity index (χ3n) is 2.48. The zero-order valence-electron chi connectivity index (χ0n) is 10.2. The highest BCUT2D eigenvalue weighted by Gasteiger charge is 2.14. The Hall–Kier alpha value is -2.46. The maximum atomic E-state index is 12.6. The highest BCUT2D eigenvalue weighted by atomic mass is 32.2. The average Bonchev–Trinajstić information content (AvgIpc) is 2.41. The molecule has 0 aliphatic carbocycles. The summed E-state index contributed by atoms with van der Waals surface area (Å²) < 4.78 is 38.9. The van der Waals surface area contributed by atoms with Crippen molar-refractivity contribution in [2.75, 3.05) is 4.72 Å². The largest absolute Gasteiger partial charge is 0.282 e. The van der Waals surface area contributed by atoms with Crippen LogP contribution in [0.2, 0.25) is 0 Å². The number of nitrogens with one attached hydrogen (secondary N) is 1. The van der Waals surface area contributed by atoms with Crippen molar-refractivity contribution in [1.29, 1.82) is 5.26 Å². The van der Waals surface area contributed by atoms with E-state index in [1.54, 1.807) is 24.3 Å². The van der Waals surface area contributed by atoms with Crippen molar-refractivity contribution < 1.29 is 12.8 Å². The number of rotatable bonds is 4. The topological polar surface area (TPSA) is 82.8 Å². The van der Waals surface area contributed by atoms with Crippen molar-refractivity contribution in [2.24, 2.45) is 0 Å². The summed E-state index contributed by atoms with van der Waals surface area (Å²) in [5.74, 6) is -1.03. The summed E-state index contributed by atoms with van der Waals surface area (Å²) in [5.41, 5.74) is 0.869. The minimum atomic E-state index is -3.70. The van der Waals surface area contributed by atoms with Gasteiger partial charge in [0.25, 0.3) is 0 Å². The van der Waals surface area contributed by atoms with Crippen LogP contribution in [0, 0.1) is 17.3 Å². The van der Waals surface area contributed by atoms with Crippen LogP contribution in [0.1, 0.15) is 11.1 Å². The average molecular weight is 291 g/mol. The molecule has 0 unspecified atom stereocenters. The lowest BCUT2D eigenvalue weighted by molar-refractivity contribution is 0.583. The van der Waals surface area contributed by atoms with Crippen LogP contribution in [0.4, 0.5) is 10.1 Å². The van der Waals surface area contributed by atoms with Crippen molar-refractivity contribution in [3.63, 3.8) is 0 Å². The molecule has 0 aliphatic heterocycles. The van der Waals surface area contributed by atoms with Gasteiger partial charge in [0.15, 0.2) is 0 Å². The van der Waals surface area contributed by atoms with Gasteiger partial charge in [-0.3, -0.25) is 4.72 Å². The second-order valence-corrected chi connectivity index (χ2v) is 5.72. The Balaban J connectivity index is 2.19. The summed E-state index contributed by atoms with van der Waals surface area (Å²) >= 11 is 0. The first-order valence-corrected chi connectivity index (χ1v) is 7.25. The predicted molar refractivity (Wildman–Crippen MR) is 71.6 cm³/mol. The molecule has 1 aromatic carbocycles. The number of benzene rings is 1. The van der Waals surface area contributed by atoms with E-state index in [1.807, 2.05) is 6.07 Å². The van der Waals surface area contributed by atoms with Crippen molar-refractivity contribution in [1.82, 2.24) is 4.98 Å². The lowest BCUT2D eigenvalue weighted by atomic mass is 10.1.